The van der Waals surface area contributed by atoms with Crippen LogP contribution in [0.4, 0.5) is 5.69 Å². The molecule has 2 heterocycles. The Labute approximate surface area is 136 Å². The van der Waals surface area contributed by atoms with Crippen molar-refractivity contribution >= 4 is 11.6 Å². The smallest absolute Gasteiger partial charge is 0.246 e. The molecule has 1 aliphatic heterocycles. The Hall–Kier alpha value is -2.62. The highest BCUT2D eigenvalue weighted by molar-refractivity contribution is 5.87. The van der Waals surface area contributed by atoms with Gasteiger partial charge in [-0.25, -0.2) is 0 Å². The lowest BCUT2D eigenvalue weighted by atomic mass is 9.95. The van der Waals surface area contributed by atoms with Gasteiger partial charge in [0.1, 0.15) is 0 Å². The minimum atomic E-state index is -0.0209. The quantitative estimate of drug-likeness (QED) is 0.883. The monoisotopic (exact) mass is 307 g/mol. The highest BCUT2D eigenvalue weighted by Crippen LogP contribution is 2.30. The number of anilines is 1. The average Bonchev–Trinajstić information content (AvgIpc) is 2.99. The molecule has 1 saturated heterocycles. The van der Waals surface area contributed by atoms with Crippen LogP contribution in [0.2, 0.25) is 0 Å². The summed E-state index contributed by atoms with van der Waals surface area (Å²) in [5, 5.41) is 3.58. The van der Waals surface area contributed by atoms with E-state index >= 15 is 0 Å². The number of rotatable bonds is 4. The van der Waals surface area contributed by atoms with Crippen molar-refractivity contribution in [1.82, 2.24) is 9.88 Å². The third kappa shape index (κ3) is 3.42. The van der Waals surface area contributed by atoms with Crippen LogP contribution >= 0.6 is 0 Å². The third-order valence-corrected chi connectivity index (χ3v) is 4.29. The van der Waals surface area contributed by atoms with Gasteiger partial charge in [0.25, 0.3) is 0 Å². The standard InChI is InChI=1S/C19H21N3O/c1-3-19(23)22-12-17(15-7-5-9-20-11-15)18(13-22)21-16-8-4-6-14(2)10-16/h3-11,17-18,21H,1,12-13H2,2H3/t17-,18+/m0/s1. The van der Waals surface area contributed by atoms with E-state index < -0.39 is 0 Å². The molecule has 0 unspecified atom stereocenters. The highest BCUT2D eigenvalue weighted by atomic mass is 16.2. The fourth-order valence-corrected chi connectivity index (χ4v) is 3.14. The number of nitrogens with zero attached hydrogens (tertiary/aromatic N) is 2. The second-order valence-corrected chi connectivity index (χ2v) is 5.96. The molecule has 1 N–H and O–H groups in total. The van der Waals surface area contributed by atoms with E-state index in [1.165, 1.54) is 11.6 Å². The first-order valence-corrected chi connectivity index (χ1v) is 7.82. The Morgan fingerprint density at radius 1 is 1.35 bits per heavy atom. The lowest BCUT2D eigenvalue weighted by Crippen LogP contribution is -2.30. The van der Waals surface area contributed by atoms with Gasteiger partial charge in [0.2, 0.25) is 5.91 Å². The van der Waals surface area contributed by atoms with Crippen LogP contribution in [0.1, 0.15) is 17.0 Å². The van der Waals surface area contributed by atoms with Gasteiger partial charge in [-0.1, -0.05) is 24.8 Å². The van der Waals surface area contributed by atoms with Crippen molar-refractivity contribution < 1.29 is 4.79 Å². The van der Waals surface area contributed by atoms with Crippen LogP contribution in [0, 0.1) is 6.92 Å². The van der Waals surface area contributed by atoms with Crippen molar-refractivity contribution in [3.8, 4) is 0 Å². The predicted molar refractivity (Wildman–Crippen MR) is 92.3 cm³/mol. The zero-order valence-electron chi connectivity index (χ0n) is 13.3. The first-order chi connectivity index (χ1) is 11.2. The molecule has 0 aliphatic carbocycles. The summed E-state index contributed by atoms with van der Waals surface area (Å²) in [4.78, 5) is 18.1. The molecule has 1 aromatic heterocycles. The van der Waals surface area contributed by atoms with Gasteiger partial charge in [-0.3, -0.25) is 9.78 Å². The van der Waals surface area contributed by atoms with Crippen LogP contribution in [-0.4, -0.2) is 34.9 Å². The van der Waals surface area contributed by atoms with E-state index in [0.717, 1.165) is 11.3 Å². The van der Waals surface area contributed by atoms with Gasteiger partial charge < -0.3 is 10.2 Å². The third-order valence-electron chi connectivity index (χ3n) is 4.29. The molecule has 0 radical (unpaired) electrons. The Kier molecular flexibility index (Phi) is 4.42. The molecule has 4 nitrogen and oxygen atoms in total. The van der Waals surface area contributed by atoms with Crippen LogP contribution in [0.25, 0.3) is 0 Å². The molecular formula is C19H21N3O. The topological polar surface area (TPSA) is 45.2 Å². The SMILES string of the molecule is C=CC(=O)N1C[C@@H](Nc2cccc(C)c2)[C@H](c2cccnc2)C1. The Balaban J connectivity index is 1.85. The lowest BCUT2D eigenvalue weighted by molar-refractivity contribution is -0.125. The van der Waals surface area contributed by atoms with E-state index in [0.29, 0.717) is 13.1 Å². The molecule has 2 aromatic rings. The molecule has 1 amide bonds. The number of pyridine rings is 1. The minimum absolute atomic E-state index is 0.0209. The van der Waals surface area contributed by atoms with E-state index in [2.05, 4.69) is 48.1 Å². The summed E-state index contributed by atoms with van der Waals surface area (Å²) in [6.07, 6.45) is 5.04. The second-order valence-electron chi connectivity index (χ2n) is 5.96. The van der Waals surface area contributed by atoms with Gasteiger partial charge in [0.15, 0.2) is 0 Å². The van der Waals surface area contributed by atoms with Gasteiger partial charge in [0.05, 0.1) is 6.04 Å². The van der Waals surface area contributed by atoms with Crippen molar-refractivity contribution in [1.29, 1.82) is 0 Å². The average molecular weight is 307 g/mol. The van der Waals surface area contributed by atoms with E-state index in [9.17, 15) is 4.79 Å². The Morgan fingerprint density at radius 2 is 2.22 bits per heavy atom. The fraction of sp³-hybridized carbons (Fsp3) is 0.263. The Bertz CT molecular complexity index is 699. The molecule has 1 aliphatic rings. The van der Waals surface area contributed by atoms with Gasteiger partial charge in [-0.15, -0.1) is 0 Å². The predicted octanol–water partition coefficient (Wildman–Crippen LogP) is 2.98. The molecule has 2 atom stereocenters. The van der Waals surface area contributed by atoms with Gasteiger partial charge in [0, 0.05) is 37.1 Å². The van der Waals surface area contributed by atoms with Crippen LogP contribution in [-0.2, 0) is 4.79 Å². The first kappa shape index (κ1) is 15.3. The molecule has 3 rings (SSSR count). The van der Waals surface area contributed by atoms with Crippen molar-refractivity contribution in [3.63, 3.8) is 0 Å². The van der Waals surface area contributed by atoms with E-state index in [1.54, 1.807) is 6.20 Å². The number of likely N-dealkylation sites (tertiary alicyclic amines) is 1. The lowest BCUT2D eigenvalue weighted by Gasteiger charge is -2.21. The molecular weight excluding hydrogens is 286 g/mol. The Morgan fingerprint density at radius 3 is 2.91 bits per heavy atom. The number of hydrogen-bond acceptors (Lipinski definition) is 3. The normalized spacial score (nSPS) is 20.3. The summed E-state index contributed by atoms with van der Waals surface area (Å²) < 4.78 is 0. The largest absolute Gasteiger partial charge is 0.380 e. The van der Waals surface area contributed by atoms with Crippen LogP contribution in [0.15, 0.2) is 61.4 Å². The fourth-order valence-electron chi connectivity index (χ4n) is 3.14. The molecule has 118 valence electrons. The molecule has 23 heavy (non-hydrogen) atoms. The van der Waals surface area contributed by atoms with Crippen LogP contribution < -0.4 is 5.32 Å². The zero-order valence-corrected chi connectivity index (χ0v) is 13.3. The van der Waals surface area contributed by atoms with Gasteiger partial charge in [-0.05, 0) is 42.3 Å². The molecule has 1 aromatic carbocycles. The molecule has 4 heteroatoms. The summed E-state index contributed by atoms with van der Waals surface area (Å²) >= 11 is 0. The second kappa shape index (κ2) is 6.65. The molecule has 0 bridgehead atoms. The number of carbonyl (C=O) groups is 1. The van der Waals surface area contributed by atoms with Crippen molar-refractivity contribution in [2.75, 3.05) is 18.4 Å². The maximum atomic E-state index is 12.0. The van der Waals surface area contributed by atoms with Crippen molar-refractivity contribution in [2.24, 2.45) is 0 Å². The number of carbonyl (C=O) groups excluding carboxylic acids is 1. The number of benzene rings is 1. The number of aryl methyl sites for hydroxylation is 1. The van der Waals surface area contributed by atoms with Crippen molar-refractivity contribution in [3.05, 3.63) is 72.6 Å². The minimum Gasteiger partial charge on any atom is -0.380 e. The summed E-state index contributed by atoms with van der Waals surface area (Å²) in [5.41, 5.74) is 3.44. The summed E-state index contributed by atoms with van der Waals surface area (Å²) in [7, 11) is 0. The molecule has 1 fully saturated rings. The highest BCUT2D eigenvalue weighted by Gasteiger charge is 2.35. The first-order valence-electron chi connectivity index (χ1n) is 7.82. The summed E-state index contributed by atoms with van der Waals surface area (Å²) in [6.45, 7) is 7.02. The number of amides is 1. The van der Waals surface area contributed by atoms with Crippen LogP contribution in [0.3, 0.4) is 0 Å². The van der Waals surface area contributed by atoms with E-state index in [-0.39, 0.29) is 17.9 Å². The van der Waals surface area contributed by atoms with Crippen LogP contribution in [0.5, 0.6) is 0 Å². The molecule has 0 spiro atoms. The van der Waals surface area contributed by atoms with E-state index in [4.69, 9.17) is 0 Å². The van der Waals surface area contributed by atoms with E-state index in [1.807, 2.05) is 23.2 Å². The van der Waals surface area contributed by atoms with Crippen molar-refractivity contribution in [2.45, 2.75) is 18.9 Å². The maximum absolute atomic E-state index is 12.0. The summed E-state index contributed by atoms with van der Waals surface area (Å²) in [6, 6.07) is 12.5. The number of nitrogens with one attached hydrogen (secondary N) is 1. The number of aromatic nitrogens is 1. The maximum Gasteiger partial charge on any atom is 0.246 e. The van der Waals surface area contributed by atoms with Gasteiger partial charge in [-0.2, -0.15) is 0 Å². The van der Waals surface area contributed by atoms with Gasteiger partial charge >= 0.3 is 0 Å². The molecule has 0 saturated carbocycles. The summed E-state index contributed by atoms with van der Waals surface area (Å²) in [5.74, 6) is 0.195. The number of hydrogen-bond donors (Lipinski definition) is 1. The zero-order chi connectivity index (χ0) is 16.2.